The Morgan fingerprint density at radius 3 is 2.83 bits per heavy atom. The maximum atomic E-state index is 12.3. The van der Waals surface area contributed by atoms with E-state index in [4.69, 9.17) is 4.74 Å². The molecule has 5 nitrogen and oxygen atoms in total. The number of para-hydroxylation sites is 1. The number of fused-ring (bicyclic) bond motifs is 1. The molecule has 0 aliphatic heterocycles. The minimum Gasteiger partial charge on any atom is -0.450 e. The summed E-state index contributed by atoms with van der Waals surface area (Å²) in [6.45, 7) is 5.74. The zero-order valence-corrected chi connectivity index (χ0v) is 14.6. The van der Waals surface area contributed by atoms with Crippen LogP contribution in [0.5, 0.6) is 0 Å². The van der Waals surface area contributed by atoms with Gasteiger partial charge in [-0.05, 0) is 44.0 Å². The van der Waals surface area contributed by atoms with Crippen molar-refractivity contribution in [1.29, 1.82) is 0 Å². The summed E-state index contributed by atoms with van der Waals surface area (Å²) in [6.07, 6.45) is 0.243. The van der Waals surface area contributed by atoms with Gasteiger partial charge in [-0.25, -0.2) is 9.78 Å². The number of aryl methyl sites for hydroxylation is 2. The number of thiophene rings is 1. The maximum Gasteiger partial charge on any atom is 0.349 e. The highest BCUT2D eigenvalue weighted by atomic mass is 32.1. The van der Waals surface area contributed by atoms with Gasteiger partial charge in [0, 0.05) is 4.88 Å². The average Bonchev–Trinajstić information content (AvgIpc) is 2.96. The molecular formula is C18H18N2O3S. The molecule has 24 heavy (non-hydrogen) atoms. The molecule has 2 aromatic heterocycles. The topological polar surface area (TPSA) is 72.0 Å². The van der Waals surface area contributed by atoms with Crippen molar-refractivity contribution >= 4 is 28.2 Å². The molecule has 0 unspecified atom stereocenters. The highest BCUT2D eigenvalue weighted by molar-refractivity contribution is 7.14. The lowest BCUT2D eigenvalue weighted by Crippen LogP contribution is -2.17. The lowest BCUT2D eigenvalue weighted by Gasteiger charge is -2.12. The molecule has 0 bridgehead atoms. The largest absolute Gasteiger partial charge is 0.450 e. The van der Waals surface area contributed by atoms with Crippen LogP contribution < -0.4 is 5.56 Å². The Kier molecular flexibility index (Phi) is 4.49. The molecule has 3 rings (SSSR count). The van der Waals surface area contributed by atoms with E-state index in [1.165, 1.54) is 11.3 Å². The van der Waals surface area contributed by atoms with E-state index in [2.05, 4.69) is 16.9 Å². The van der Waals surface area contributed by atoms with Crippen molar-refractivity contribution in [3.8, 4) is 0 Å². The zero-order valence-electron chi connectivity index (χ0n) is 13.8. The summed E-state index contributed by atoms with van der Waals surface area (Å²) in [5.74, 6) is -0.0536. The van der Waals surface area contributed by atoms with Gasteiger partial charge >= 0.3 is 5.97 Å². The summed E-state index contributed by atoms with van der Waals surface area (Å²) in [4.78, 5) is 33.2. The van der Waals surface area contributed by atoms with Gasteiger partial charge in [0.1, 0.15) is 4.88 Å². The van der Waals surface area contributed by atoms with Gasteiger partial charge in [-0.1, -0.05) is 19.1 Å². The zero-order chi connectivity index (χ0) is 17.3. The fourth-order valence-corrected chi connectivity index (χ4v) is 3.54. The highest BCUT2D eigenvalue weighted by Crippen LogP contribution is 2.24. The lowest BCUT2D eigenvalue weighted by atomic mass is 10.2. The molecule has 1 N–H and O–H groups in total. The van der Waals surface area contributed by atoms with Gasteiger partial charge in [-0.2, -0.15) is 0 Å². The third-order valence-corrected chi connectivity index (χ3v) is 4.98. The normalized spacial score (nSPS) is 12.3. The van der Waals surface area contributed by atoms with Crippen LogP contribution in [0.2, 0.25) is 0 Å². The molecule has 124 valence electrons. The van der Waals surface area contributed by atoms with Crippen molar-refractivity contribution in [3.05, 3.63) is 61.8 Å². The molecule has 0 amide bonds. The molecule has 3 aromatic rings. The van der Waals surface area contributed by atoms with E-state index in [9.17, 15) is 9.59 Å². The van der Waals surface area contributed by atoms with Gasteiger partial charge < -0.3 is 9.72 Å². The van der Waals surface area contributed by atoms with Crippen LogP contribution in [0.15, 0.2) is 35.1 Å². The van der Waals surface area contributed by atoms with Crippen LogP contribution in [0.4, 0.5) is 0 Å². The summed E-state index contributed by atoms with van der Waals surface area (Å²) < 4.78 is 5.48. The number of aromatic amines is 1. The number of hydrogen-bond donors (Lipinski definition) is 1. The summed E-state index contributed by atoms with van der Waals surface area (Å²) >= 11 is 1.42. The molecule has 1 atom stereocenters. The second-order valence-corrected chi connectivity index (χ2v) is 6.82. The Morgan fingerprint density at radius 2 is 2.12 bits per heavy atom. The minimum absolute atomic E-state index is 0.237. The van der Waals surface area contributed by atoms with E-state index >= 15 is 0 Å². The maximum absolute atomic E-state index is 12.3. The van der Waals surface area contributed by atoms with Crippen molar-refractivity contribution in [2.24, 2.45) is 0 Å². The van der Waals surface area contributed by atoms with Crippen LogP contribution in [-0.2, 0) is 11.2 Å². The van der Waals surface area contributed by atoms with Crippen molar-refractivity contribution in [2.45, 2.75) is 33.3 Å². The van der Waals surface area contributed by atoms with Crippen molar-refractivity contribution in [1.82, 2.24) is 9.97 Å². The number of nitrogens with one attached hydrogen (secondary N) is 1. The monoisotopic (exact) mass is 342 g/mol. The molecule has 0 saturated carbocycles. The number of benzene rings is 1. The number of rotatable bonds is 4. The Balaban J connectivity index is 1.85. The van der Waals surface area contributed by atoms with E-state index in [1.54, 1.807) is 25.1 Å². The highest BCUT2D eigenvalue weighted by Gasteiger charge is 2.19. The molecule has 0 aliphatic carbocycles. The van der Waals surface area contributed by atoms with Crippen LogP contribution in [0, 0.1) is 6.92 Å². The molecule has 0 radical (unpaired) electrons. The Bertz CT molecular complexity index is 958. The molecule has 1 aromatic carbocycles. The van der Waals surface area contributed by atoms with Crippen LogP contribution >= 0.6 is 11.3 Å². The van der Waals surface area contributed by atoms with E-state index in [0.717, 1.165) is 16.9 Å². The molecule has 0 fully saturated rings. The van der Waals surface area contributed by atoms with E-state index < -0.39 is 12.1 Å². The number of esters is 1. The average molecular weight is 342 g/mol. The third-order valence-electron chi connectivity index (χ3n) is 3.90. The predicted octanol–water partition coefficient (Wildman–Crippen LogP) is 3.77. The molecular weight excluding hydrogens is 324 g/mol. The van der Waals surface area contributed by atoms with Crippen molar-refractivity contribution < 1.29 is 9.53 Å². The van der Waals surface area contributed by atoms with Crippen molar-refractivity contribution in [2.75, 3.05) is 0 Å². The number of carbonyl (C=O) groups excluding carboxylic acids is 1. The Labute approximate surface area is 143 Å². The summed E-state index contributed by atoms with van der Waals surface area (Å²) in [7, 11) is 0. The fraction of sp³-hybridized carbons (Fsp3) is 0.278. The molecule has 6 heteroatoms. The number of H-pyrrole nitrogens is 1. The fourth-order valence-electron chi connectivity index (χ4n) is 2.54. The minimum atomic E-state index is -0.637. The predicted molar refractivity (Wildman–Crippen MR) is 94.6 cm³/mol. The molecule has 0 saturated heterocycles. The third kappa shape index (κ3) is 3.10. The smallest absolute Gasteiger partial charge is 0.349 e. The van der Waals surface area contributed by atoms with E-state index in [0.29, 0.717) is 21.6 Å². The molecule has 2 heterocycles. The van der Waals surface area contributed by atoms with Gasteiger partial charge in [0.05, 0.1) is 10.9 Å². The molecule has 0 spiro atoms. The first-order valence-corrected chi connectivity index (χ1v) is 8.60. The second kappa shape index (κ2) is 6.57. The van der Waals surface area contributed by atoms with E-state index in [-0.39, 0.29) is 5.56 Å². The summed E-state index contributed by atoms with van der Waals surface area (Å²) in [5.41, 5.74) is 1.50. The number of nitrogens with zero attached hydrogens (tertiary/aromatic N) is 1. The summed E-state index contributed by atoms with van der Waals surface area (Å²) in [6, 6.07) is 8.94. The van der Waals surface area contributed by atoms with Gasteiger partial charge in [-0.3, -0.25) is 4.79 Å². The standard InChI is InChI=1S/C18H18N2O3S/c1-4-12-9-15(24-11(12)3)18(22)23-10(2)16-19-14-8-6-5-7-13(14)17(21)20-16/h5-10H,4H2,1-3H3,(H,19,20,21)/t10-/m1/s1. The van der Waals surface area contributed by atoms with Gasteiger partial charge in [0.15, 0.2) is 11.9 Å². The number of hydrogen-bond acceptors (Lipinski definition) is 5. The van der Waals surface area contributed by atoms with Gasteiger partial charge in [0.2, 0.25) is 0 Å². The summed E-state index contributed by atoms with van der Waals surface area (Å²) in [5, 5.41) is 0.515. The number of carbonyl (C=O) groups is 1. The van der Waals surface area contributed by atoms with E-state index in [1.807, 2.05) is 19.1 Å². The lowest BCUT2D eigenvalue weighted by molar-refractivity contribution is 0.0326. The Hall–Kier alpha value is -2.47. The number of aromatic nitrogens is 2. The first-order chi connectivity index (χ1) is 11.5. The molecule has 0 aliphatic rings. The van der Waals surface area contributed by atoms with Crippen molar-refractivity contribution in [3.63, 3.8) is 0 Å². The first-order valence-electron chi connectivity index (χ1n) is 7.78. The quantitative estimate of drug-likeness (QED) is 0.733. The van der Waals surface area contributed by atoms with Crippen LogP contribution in [0.3, 0.4) is 0 Å². The first kappa shape index (κ1) is 16.4. The number of ether oxygens (including phenoxy) is 1. The Morgan fingerprint density at radius 1 is 1.38 bits per heavy atom. The van der Waals surface area contributed by atoms with Gasteiger partial charge in [0.25, 0.3) is 5.56 Å². The van der Waals surface area contributed by atoms with Gasteiger partial charge in [-0.15, -0.1) is 11.3 Å². The van der Waals surface area contributed by atoms with Crippen LogP contribution in [0.25, 0.3) is 10.9 Å². The SMILES string of the molecule is CCc1cc(C(=O)O[C@H](C)c2nc3ccccc3c(=O)[nH]2)sc1C. The second-order valence-electron chi connectivity index (χ2n) is 5.56. The van der Waals surface area contributed by atoms with Crippen LogP contribution in [0.1, 0.15) is 45.9 Å². The van der Waals surface area contributed by atoms with Crippen LogP contribution in [-0.4, -0.2) is 15.9 Å².